The van der Waals surface area contributed by atoms with Crippen molar-refractivity contribution >= 4 is 5.91 Å². The standard InChI is InChI=1S/C11H19NO/c1-5-10(13)12-9-6-8(7-9)11(2,3)4/h5,8-9H,1,6-7H2,2-4H3,(H,12,13). The molecule has 0 bridgehead atoms. The molecule has 0 aromatic heterocycles. The van der Waals surface area contributed by atoms with Gasteiger partial charge in [0.1, 0.15) is 0 Å². The summed E-state index contributed by atoms with van der Waals surface area (Å²) in [7, 11) is 0. The fraction of sp³-hybridized carbons (Fsp3) is 0.727. The molecule has 0 spiro atoms. The second-order valence-electron chi connectivity index (χ2n) is 4.94. The van der Waals surface area contributed by atoms with Crippen molar-refractivity contribution in [2.45, 2.75) is 39.7 Å². The van der Waals surface area contributed by atoms with Crippen LogP contribution in [0.4, 0.5) is 0 Å². The number of hydrogen-bond acceptors (Lipinski definition) is 1. The van der Waals surface area contributed by atoms with Gasteiger partial charge in [-0.05, 0) is 30.3 Å². The van der Waals surface area contributed by atoms with E-state index in [1.165, 1.54) is 6.08 Å². The number of hydrogen-bond donors (Lipinski definition) is 1. The van der Waals surface area contributed by atoms with Crippen molar-refractivity contribution in [3.8, 4) is 0 Å². The molecule has 13 heavy (non-hydrogen) atoms. The highest BCUT2D eigenvalue weighted by Crippen LogP contribution is 2.41. The highest BCUT2D eigenvalue weighted by molar-refractivity contribution is 5.87. The van der Waals surface area contributed by atoms with Gasteiger partial charge in [0.2, 0.25) is 5.91 Å². The van der Waals surface area contributed by atoms with Crippen LogP contribution in [0.2, 0.25) is 0 Å². The van der Waals surface area contributed by atoms with E-state index >= 15 is 0 Å². The maximum Gasteiger partial charge on any atom is 0.243 e. The summed E-state index contributed by atoms with van der Waals surface area (Å²) in [5.41, 5.74) is 0.384. The van der Waals surface area contributed by atoms with Gasteiger partial charge in [-0.1, -0.05) is 27.4 Å². The lowest BCUT2D eigenvalue weighted by molar-refractivity contribution is -0.118. The number of carbonyl (C=O) groups excluding carboxylic acids is 1. The third-order valence-corrected chi connectivity index (χ3v) is 2.89. The third kappa shape index (κ3) is 2.58. The van der Waals surface area contributed by atoms with Gasteiger partial charge in [0, 0.05) is 6.04 Å². The lowest BCUT2D eigenvalue weighted by Gasteiger charge is -2.43. The van der Waals surface area contributed by atoms with Gasteiger partial charge >= 0.3 is 0 Å². The van der Waals surface area contributed by atoms with Crippen molar-refractivity contribution in [1.29, 1.82) is 0 Å². The van der Waals surface area contributed by atoms with E-state index in [0.717, 1.165) is 18.8 Å². The van der Waals surface area contributed by atoms with Gasteiger partial charge < -0.3 is 5.32 Å². The molecule has 1 N–H and O–H groups in total. The number of rotatable bonds is 2. The van der Waals surface area contributed by atoms with Crippen LogP contribution in [-0.2, 0) is 4.79 Å². The fourth-order valence-electron chi connectivity index (χ4n) is 1.70. The second kappa shape index (κ2) is 3.52. The van der Waals surface area contributed by atoms with Crippen molar-refractivity contribution in [2.24, 2.45) is 11.3 Å². The van der Waals surface area contributed by atoms with E-state index in [1.807, 2.05) is 0 Å². The molecule has 0 aromatic rings. The molecule has 0 aromatic carbocycles. The molecule has 2 heteroatoms. The van der Waals surface area contributed by atoms with E-state index < -0.39 is 0 Å². The fourth-order valence-corrected chi connectivity index (χ4v) is 1.70. The number of carbonyl (C=O) groups is 1. The molecule has 1 aliphatic rings. The predicted molar refractivity (Wildman–Crippen MR) is 54.3 cm³/mol. The van der Waals surface area contributed by atoms with Crippen molar-refractivity contribution in [1.82, 2.24) is 5.32 Å². The Hall–Kier alpha value is -0.790. The first kappa shape index (κ1) is 10.3. The van der Waals surface area contributed by atoms with E-state index in [1.54, 1.807) is 0 Å². The maximum absolute atomic E-state index is 10.9. The zero-order valence-electron chi connectivity index (χ0n) is 8.76. The van der Waals surface area contributed by atoms with Crippen molar-refractivity contribution in [3.63, 3.8) is 0 Å². The van der Waals surface area contributed by atoms with Crippen molar-refractivity contribution < 1.29 is 4.79 Å². The van der Waals surface area contributed by atoms with Crippen LogP contribution < -0.4 is 5.32 Å². The zero-order valence-corrected chi connectivity index (χ0v) is 8.76. The molecule has 74 valence electrons. The van der Waals surface area contributed by atoms with Gasteiger partial charge in [0.15, 0.2) is 0 Å². The first-order valence-electron chi connectivity index (χ1n) is 4.86. The zero-order chi connectivity index (χ0) is 10.1. The Morgan fingerprint density at radius 3 is 2.38 bits per heavy atom. The molecule has 1 rings (SSSR count). The summed E-state index contributed by atoms with van der Waals surface area (Å²) >= 11 is 0. The van der Waals surface area contributed by atoms with Gasteiger partial charge in [-0.3, -0.25) is 4.79 Å². The van der Waals surface area contributed by atoms with Gasteiger partial charge in [-0.2, -0.15) is 0 Å². The van der Waals surface area contributed by atoms with Crippen molar-refractivity contribution in [2.75, 3.05) is 0 Å². The first-order chi connectivity index (χ1) is 5.93. The van der Waals surface area contributed by atoms with E-state index in [0.29, 0.717) is 11.5 Å². The Morgan fingerprint density at radius 2 is 2.00 bits per heavy atom. The number of amides is 1. The summed E-state index contributed by atoms with van der Waals surface area (Å²) in [4.78, 5) is 10.9. The summed E-state index contributed by atoms with van der Waals surface area (Å²) in [6, 6.07) is 0.384. The lowest BCUT2D eigenvalue weighted by atomic mass is 9.66. The molecule has 0 saturated heterocycles. The minimum absolute atomic E-state index is 0.0441. The smallest absolute Gasteiger partial charge is 0.243 e. The molecular weight excluding hydrogens is 162 g/mol. The number of nitrogens with one attached hydrogen (secondary N) is 1. The molecule has 0 unspecified atom stereocenters. The maximum atomic E-state index is 10.9. The highest BCUT2D eigenvalue weighted by atomic mass is 16.1. The van der Waals surface area contributed by atoms with Crippen LogP contribution in [-0.4, -0.2) is 11.9 Å². The lowest BCUT2D eigenvalue weighted by Crippen LogP contribution is -2.47. The van der Waals surface area contributed by atoms with Gasteiger partial charge in [-0.25, -0.2) is 0 Å². The van der Waals surface area contributed by atoms with Crippen LogP contribution in [0.3, 0.4) is 0 Å². The normalized spacial score (nSPS) is 27.6. The molecule has 0 heterocycles. The van der Waals surface area contributed by atoms with E-state index in [2.05, 4.69) is 32.7 Å². The topological polar surface area (TPSA) is 29.1 Å². The van der Waals surface area contributed by atoms with E-state index in [9.17, 15) is 4.79 Å². The Morgan fingerprint density at radius 1 is 1.46 bits per heavy atom. The average Bonchev–Trinajstić information content (AvgIpc) is 1.92. The molecule has 1 saturated carbocycles. The van der Waals surface area contributed by atoms with Crippen molar-refractivity contribution in [3.05, 3.63) is 12.7 Å². The first-order valence-corrected chi connectivity index (χ1v) is 4.86. The van der Waals surface area contributed by atoms with E-state index in [4.69, 9.17) is 0 Å². The van der Waals surface area contributed by atoms with Gasteiger partial charge in [0.05, 0.1) is 0 Å². The summed E-state index contributed by atoms with van der Waals surface area (Å²) in [6.45, 7) is 10.2. The SMILES string of the molecule is C=CC(=O)NC1CC(C(C)(C)C)C1. The molecule has 0 aliphatic heterocycles. The molecule has 0 atom stereocenters. The molecular formula is C11H19NO. The summed E-state index contributed by atoms with van der Waals surface area (Å²) in [5.74, 6) is 0.708. The second-order valence-corrected chi connectivity index (χ2v) is 4.94. The molecule has 0 radical (unpaired) electrons. The van der Waals surface area contributed by atoms with Crippen LogP contribution in [0, 0.1) is 11.3 Å². The summed E-state index contributed by atoms with van der Waals surface area (Å²) in [6.07, 6.45) is 3.57. The van der Waals surface area contributed by atoms with Gasteiger partial charge in [0.25, 0.3) is 0 Å². The Balaban J connectivity index is 2.26. The Kier molecular flexibility index (Phi) is 2.79. The molecule has 1 aliphatic carbocycles. The summed E-state index contributed by atoms with van der Waals surface area (Å²) in [5, 5.41) is 2.91. The average molecular weight is 181 g/mol. The quantitative estimate of drug-likeness (QED) is 0.649. The monoisotopic (exact) mass is 181 g/mol. The predicted octanol–water partition coefficient (Wildman–Crippen LogP) is 2.11. The minimum atomic E-state index is -0.0441. The highest BCUT2D eigenvalue weighted by Gasteiger charge is 2.37. The van der Waals surface area contributed by atoms with Crippen LogP contribution in [0.5, 0.6) is 0 Å². The molecule has 1 fully saturated rings. The third-order valence-electron chi connectivity index (χ3n) is 2.89. The van der Waals surface area contributed by atoms with Gasteiger partial charge in [-0.15, -0.1) is 0 Å². The van der Waals surface area contributed by atoms with E-state index in [-0.39, 0.29) is 5.91 Å². The van der Waals surface area contributed by atoms with Crippen LogP contribution in [0.25, 0.3) is 0 Å². The minimum Gasteiger partial charge on any atom is -0.350 e. The van der Waals surface area contributed by atoms with Crippen LogP contribution in [0.15, 0.2) is 12.7 Å². The van der Waals surface area contributed by atoms with Crippen LogP contribution in [0.1, 0.15) is 33.6 Å². The summed E-state index contributed by atoms with van der Waals surface area (Å²) < 4.78 is 0. The molecule has 1 amide bonds. The Labute approximate surface area is 80.4 Å². The van der Waals surface area contributed by atoms with Crippen LogP contribution >= 0.6 is 0 Å². The Bertz CT molecular complexity index is 209. The molecule has 2 nitrogen and oxygen atoms in total. The largest absolute Gasteiger partial charge is 0.350 e.